The van der Waals surface area contributed by atoms with Gasteiger partial charge in [-0.3, -0.25) is 14.0 Å². The highest BCUT2D eigenvalue weighted by molar-refractivity contribution is 5.78. The van der Waals surface area contributed by atoms with Crippen LogP contribution in [0.5, 0.6) is 0 Å². The third-order valence-corrected chi connectivity index (χ3v) is 4.23. The largest absolute Gasteiger partial charge is 0.481 e. The van der Waals surface area contributed by atoms with E-state index in [4.69, 9.17) is 5.11 Å². The second-order valence-electron chi connectivity index (χ2n) is 6.20. The summed E-state index contributed by atoms with van der Waals surface area (Å²) in [6.45, 7) is 1.99. The van der Waals surface area contributed by atoms with Crippen molar-refractivity contribution in [1.29, 1.82) is 0 Å². The molecule has 128 valence electrons. The van der Waals surface area contributed by atoms with Crippen molar-refractivity contribution in [2.45, 2.75) is 38.8 Å². The molecule has 3 rings (SSSR count). The molecule has 0 radical (unpaired) electrons. The van der Waals surface area contributed by atoms with Gasteiger partial charge >= 0.3 is 11.7 Å². The summed E-state index contributed by atoms with van der Waals surface area (Å²) in [6, 6.07) is 5.40. The average molecular weight is 332 g/mol. The molecule has 24 heavy (non-hydrogen) atoms. The second-order valence-corrected chi connectivity index (χ2v) is 6.20. The molecule has 1 fully saturated rings. The zero-order valence-corrected chi connectivity index (χ0v) is 13.5. The van der Waals surface area contributed by atoms with Gasteiger partial charge in [-0.25, -0.2) is 9.48 Å². The summed E-state index contributed by atoms with van der Waals surface area (Å²) >= 11 is 0. The molecule has 1 aliphatic rings. The van der Waals surface area contributed by atoms with E-state index in [9.17, 15) is 14.4 Å². The number of amides is 1. The van der Waals surface area contributed by atoms with E-state index in [1.807, 2.05) is 0 Å². The summed E-state index contributed by atoms with van der Waals surface area (Å²) < 4.78 is 2.70. The summed E-state index contributed by atoms with van der Waals surface area (Å²) in [5, 5.41) is 13.2. The van der Waals surface area contributed by atoms with Gasteiger partial charge in [-0.1, -0.05) is 13.0 Å². The van der Waals surface area contributed by atoms with Gasteiger partial charge in [0, 0.05) is 25.2 Å². The maximum absolute atomic E-state index is 12.5. The van der Waals surface area contributed by atoms with Gasteiger partial charge in [0.25, 0.3) is 0 Å². The van der Waals surface area contributed by atoms with E-state index >= 15 is 0 Å². The van der Waals surface area contributed by atoms with E-state index in [0.29, 0.717) is 5.65 Å². The lowest BCUT2D eigenvalue weighted by Crippen LogP contribution is -2.39. The lowest BCUT2D eigenvalue weighted by molar-refractivity contribution is -0.143. The number of aryl methyl sites for hydroxylation is 1. The van der Waals surface area contributed by atoms with Gasteiger partial charge in [0.15, 0.2) is 5.65 Å². The minimum atomic E-state index is -0.912. The number of aromatic nitrogens is 3. The number of hydrogen-bond donors (Lipinski definition) is 1. The summed E-state index contributed by atoms with van der Waals surface area (Å²) in [5.74, 6) is -1.65. The van der Waals surface area contributed by atoms with Gasteiger partial charge in [0.05, 0.1) is 12.5 Å². The van der Waals surface area contributed by atoms with Crippen LogP contribution in [0.1, 0.15) is 26.2 Å². The van der Waals surface area contributed by atoms with E-state index < -0.39 is 11.9 Å². The SMILES string of the molecule is CC(CN(C(=O)CCn1nc2ccccn2c1=O)C1CC1)C(=O)O. The monoisotopic (exact) mass is 332 g/mol. The smallest absolute Gasteiger partial charge is 0.350 e. The second kappa shape index (κ2) is 6.46. The van der Waals surface area contributed by atoms with Crippen molar-refractivity contribution in [2.75, 3.05) is 6.54 Å². The molecule has 1 aliphatic carbocycles. The fourth-order valence-electron chi connectivity index (χ4n) is 2.67. The van der Waals surface area contributed by atoms with E-state index in [-0.39, 0.29) is 37.1 Å². The molecule has 0 spiro atoms. The van der Waals surface area contributed by atoms with Crippen molar-refractivity contribution in [3.63, 3.8) is 0 Å². The summed E-state index contributed by atoms with van der Waals surface area (Å²) in [4.78, 5) is 37.3. The summed E-state index contributed by atoms with van der Waals surface area (Å²) in [6.07, 6.45) is 3.58. The molecule has 0 aromatic carbocycles. The minimum absolute atomic E-state index is 0.130. The van der Waals surface area contributed by atoms with Gasteiger partial charge in [-0.15, -0.1) is 5.10 Å². The molecule has 1 amide bonds. The van der Waals surface area contributed by atoms with Crippen LogP contribution in [-0.4, -0.2) is 48.7 Å². The van der Waals surface area contributed by atoms with Crippen LogP contribution in [0.15, 0.2) is 29.2 Å². The number of pyridine rings is 1. The maximum atomic E-state index is 12.5. The van der Waals surface area contributed by atoms with Crippen molar-refractivity contribution in [1.82, 2.24) is 19.1 Å². The van der Waals surface area contributed by atoms with Crippen molar-refractivity contribution in [3.05, 3.63) is 34.9 Å². The Balaban J connectivity index is 1.67. The number of carboxylic acids is 1. The van der Waals surface area contributed by atoms with Crippen LogP contribution < -0.4 is 5.69 Å². The highest BCUT2D eigenvalue weighted by atomic mass is 16.4. The normalized spacial score (nSPS) is 15.4. The number of rotatable bonds is 7. The Bertz CT molecular complexity index is 821. The molecule has 0 bridgehead atoms. The molecule has 2 heterocycles. The quantitative estimate of drug-likeness (QED) is 0.801. The van der Waals surface area contributed by atoms with Gasteiger partial charge in [-0.05, 0) is 25.0 Å². The van der Waals surface area contributed by atoms with Crippen LogP contribution in [0.25, 0.3) is 5.65 Å². The highest BCUT2D eigenvalue weighted by Gasteiger charge is 2.34. The van der Waals surface area contributed by atoms with E-state index in [0.717, 1.165) is 12.8 Å². The first-order valence-electron chi connectivity index (χ1n) is 8.04. The Morgan fingerprint density at radius 2 is 2.17 bits per heavy atom. The van der Waals surface area contributed by atoms with E-state index in [1.165, 1.54) is 9.08 Å². The van der Waals surface area contributed by atoms with E-state index in [1.54, 1.807) is 36.2 Å². The topological polar surface area (TPSA) is 96.9 Å². The molecule has 8 heteroatoms. The first-order chi connectivity index (χ1) is 11.5. The standard InChI is InChI=1S/C16H20N4O4/c1-11(15(22)23)10-19(12-5-6-12)14(21)7-9-20-16(24)18-8-3-2-4-13(18)17-20/h2-4,8,11-12H,5-7,9-10H2,1H3,(H,22,23). The lowest BCUT2D eigenvalue weighted by Gasteiger charge is -2.24. The summed E-state index contributed by atoms with van der Waals surface area (Å²) in [7, 11) is 0. The molecular formula is C16H20N4O4. The molecule has 0 aliphatic heterocycles. The van der Waals surface area contributed by atoms with Crippen LogP contribution in [0.4, 0.5) is 0 Å². The molecular weight excluding hydrogens is 312 g/mol. The number of aliphatic carboxylic acids is 1. The summed E-state index contributed by atoms with van der Waals surface area (Å²) in [5.41, 5.74) is 0.253. The van der Waals surface area contributed by atoms with Gasteiger partial charge in [0.2, 0.25) is 5.91 Å². The molecule has 1 unspecified atom stereocenters. The minimum Gasteiger partial charge on any atom is -0.481 e. The number of carbonyl (C=O) groups is 2. The maximum Gasteiger partial charge on any atom is 0.350 e. The van der Waals surface area contributed by atoms with Gasteiger partial charge in [-0.2, -0.15) is 0 Å². The number of nitrogens with zero attached hydrogens (tertiary/aromatic N) is 4. The number of carboxylic acid groups (broad SMARTS) is 1. The van der Waals surface area contributed by atoms with Crippen LogP contribution in [0, 0.1) is 5.92 Å². The van der Waals surface area contributed by atoms with Crippen molar-refractivity contribution in [2.24, 2.45) is 5.92 Å². The number of fused-ring (bicyclic) bond motifs is 1. The third-order valence-electron chi connectivity index (χ3n) is 4.23. The Morgan fingerprint density at radius 3 is 2.79 bits per heavy atom. The number of carbonyl (C=O) groups excluding carboxylic acids is 1. The molecule has 1 atom stereocenters. The highest BCUT2D eigenvalue weighted by Crippen LogP contribution is 2.28. The predicted octanol–water partition coefficient (Wildman–Crippen LogP) is 0.598. The van der Waals surface area contributed by atoms with E-state index in [2.05, 4.69) is 5.10 Å². The molecule has 1 saturated carbocycles. The van der Waals surface area contributed by atoms with Crippen LogP contribution >= 0.6 is 0 Å². The first-order valence-corrected chi connectivity index (χ1v) is 8.04. The van der Waals surface area contributed by atoms with Crippen molar-refractivity contribution >= 4 is 17.5 Å². The molecule has 2 aromatic rings. The Kier molecular flexibility index (Phi) is 4.37. The fraction of sp³-hybridized carbons (Fsp3) is 0.500. The average Bonchev–Trinajstić information content (AvgIpc) is 3.35. The van der Waals surface area contributed by atoms with Crippen molar-refractivity contribution in [3.8, 4) is 0 Å². The van der Waals surface area contributed by atoms with Crippen molar-refractivity contribution < 1.29 is 14.7 Å². The van der Waals surface area contributed by atoms with Crippen LogP contribution in [-0.2, 0) is 16.1 Å². The predicted molar refractivity (Wildman–Crippen MR) is 85.6 cm³/mol. The fourth-order valence-corrected chi connectivity index (χ4v) is 2.67. The zero-order chi connectivity index (χ0) is 17.3. The zero-order valence-electron chi connectivity index (χ0n) is 13.5. The first kappa shape index (κ1) is 16.2. The lowest BCUT2D eigenvalue weighted by atomic mass is 10.1. The molecule has 2 aromatic heterocycles. The Hall–Kier alpha value is -2.64. The van der Waals surface area contributed by atoms with Crippen LogP contribution in [0.3, 0.4) is 0 Å². The third kappa shape index (κ3) is 3.32. The van der Waals surface area contributed by atoms with Gasteiger partial charge < -0.3 is 10.0 Å². The van der Waals surface area contributed by atoms with Crippen LogP contribution in [0.2, 0.25) is 0 Å². The number of hydrogen-bond acceptors (Lipinski definition) is 4. The molecule has 0 saturated heterocycles. The van der Waals surface area contributed by atoms with Gasteiger partial charge in [0.1, 0.15) is 0 Å². The Morgan fingerprint density at radius 1 is 1.42 bits per heavy atom. The molecule has 1 N–H and O–H groups in total. The molecule has 8 nitrogen and oxygen atoms in total. The Labute approximate surface area is 138 Å².